The first kappa shape index (κ1) is 19.4. The Morgan fingerprint density at radius 2 is 2.00 bits per heavy atom. The third-order valence-corrected chi connectivity index (χ3v) is 8.79. The minimum absolute atomic E-state index is 0.0364. The van der Waals surface area contributed by atoms with Gasteiger partial charge in [0.25, 0.3) is 5.91 Å². The van der Waals surface area contributed by atoms with Crippen LogP contribution < -0.4 is 10.0 Å². The van der Waals surface area contributed by atoms with Gasteiger partial charge in [0.15, 0.2) is 5.69 Å². The first-order valence-corrected chi connectivity index (χ1v) is 11.7. The molecule has 28 heavy (non-hydrogen) atoms. The van der Waals surface area contributed by atoms with Gasteiger partial charge in [0.1, 0.15) is 5.78 Å². The molecular formula is C19H28N4O4S. The molecule has 0 spiro atoms. The van der Waals surface area contributed by atoms with Crippen LogP contribution in [0.15, 0.2) is 6.20 Å². The van der Waals surface area contributed by atoms with E-state index in [4.69, 9.17) is 0 Å². The second-order valence-electron chi connectivity index (χ2n) is 9.13. The fourth-order valence-electron chi connectivity index (χ4n) is 5.50. The summed E-state index contributed by atoms with van der Waals surface area (Å²) in [7, 11) is -3.83. The molecule has 3 aliphatic carbocycles. The summed E-state index contributed by atoms with van der Waals surface area (Å²) in [5.41, 5.74) is -1.02. The molecule has 8 nitrogen and oxygen atoms in total. The Morgan fingerprint density at radius 3 is 2.61 bits per heavy atom. The lowest BCUT2D eigenvalue weighted by atomic mass is 9.70. The molecule has 0 aromatic carbocycles. The van der Waals surface area contributed by atoms with Crippen molar-refractivity contribution in [2.24, 2.45) is 16.7 Å². The van der Waals surface area contributed by atoms with E-state index in [-0.39, 0.29) is 46.2 Å². The van der Waals surface area contributed by atoms with E-state index >= 15 is 0 Å². The number of hydrogen-bond acceptors (Lipinski definition) is 5. The van der Waals surface area contributed by atoms with Crippen LogP contribution in [0, 0.1) is 16.7 Å². The van der Waals surface area contributed by atoms with E-state index in [0.29, 0.717) is 12.8 Å². The van der Waals surface area contributed by atoms with Gasteiger partial charge in [-0.15, -0.1) is 0 Å². The maximum absolute atomic E-state index is 13.0. The Kier molecular flexibility index (Phi) is 4.56. The number of sulfonamides is 1. The number of H-pyrrole nitrogens is 1. The molecule has 0 saturated heterocycles. The minimum Gasteiger partial charge on any atom is -0.348 e. The van der Waals surface area contributed by atoms with Crippen molar-refractivity contribution in [1.82, 2.24) is 15.5 Å². The van der Waals surface area contributed by atoms with Crippen molar-refractivity contribution in [2.45, 2.75) is 64.8 Å². The van der Waals surface area contributed by atoms with Gasteiger partial charge in [-0.2, -0.15) is 5.10 Å². The number of hydrogen-bond donors (Lipinski definition) is 3. The Balaban J connectivity index is 1.51. The molecule has 2 atom stereocenters. The van der Waals surface area contributed by atoms with E-state index < -0.39 is 15.4 Å². The molecule has 1 aromatic rings. The SMILES string of the molecule is CC1(C)C2CC[C@@]1(CS(=O)(=O)Nc1c[nH]nc1C(=O)NC1CCCC1)C(=O)C2. The van der Waals surface area contributed by atoms with E-state index in [1.807, 2.05) is 13.8 Å². The van der Waals surface area contributed by atoms with Crippen LogP contribution in [-0.2, 0) is 14.8 Å². The number of rotatable bonds is 6. The fraction of sp³-hybridized carbons (Fsp3) is 0.737. The van der Waals surface area contributed by atoms with Gasteiger partial charge < -0.3 is 5.32 Å². The Morgan fingerprint density at radius 1 is 1.29 bits per heavy atom. The van der Waals surface area contributed by atoms with E-state index in [1.165, 1.54) is 6.20 Å². The topological polar surface area (TPSA) is 121 Å². The molecular weight excluding hydrogens is 380 g/mol. The summed E-state index contributed by atoms with van der Waals surface area (Å²) in [6, 6.07) is 0.111. The van der Waals surface area contributed by atoms with E-state index in [2.05, 4.69) is 20.2 Å². The van der Waals surface area contributed by atoms with Gasteiger partial charge in [0.2, 0.25) is 10.0 Å². The molecule has 9 heteroatoms. The van der Waals surface area contributed by atoms with Crippen molar-refractivity contribution in [3.05, 3.63) is 11.9 Å². The Labute approximate surface area is 165 Å². The lowest BCUT2D eigenvalue weighted by Crippen LogP contribution is -2.43. The number of aromatic amines is 1. The zero-order valence-electron chi connectivity index (χ0n) is 16.4. The standard InChI is InChI=1S/C19H28N4O4S/c1-18(2)12-7-8-19(18,15(24)9-12)11-28(26,27)23-14-10-20-22-16(14)17(25)21-13-5-3-4-6-13/h10,12-13,23H,3-9,11H2,1-2H3,(H,20,22)(H,21,25)/t12?,19-/m1/s1. The van der Waals surface area contributed by atoms with Crippen molar-refractivity contribution in [1.29, 1.82) is 0 Å². The van der Waals surface area contributed by atoms with Crippen LogP contribution in [0.2, 0.25) is 0 Å². The lowest BCUT2D eigenvalue weighted by molar-refractivity contribution is -0.128. The third kappa shape index (κ3) is 3.03. The van der Waals surface area contributed by atoms with E-state index in [0.717, 1.165) is 32.1 Å². The highest BCUT2D eigenvalue weighted by Crippen LogP contribution is 2.64. The molecule has 1 amide bonds. The van der Waals surface area contributed by atoms with E-state index in [9.17, 15) is 18.0 Å². The van der Waals surface area contributed by atoms with Gasteiger partial charge in [0, 0.05) is 18.7 Å². The number of fused-ring (bicyclic) bond motifs is 2. The third-order valence-electron chi connectivity index (χ3n) is 7.39. The summed E-state index contributed by atoms with van der Waals surface area (Å²) < 4.78 is 28.4. The van der Waals surface area contributed by atoms with Gasteiger partial charge in [-0.05, 0) is 37.0 Å². The summed E-state index contributed by atoms with van der Waals surface area (Å²) in [5, 5.41) is 9.42. The molecule has 154 valence electrons. The second-order valence-corrected chi connectivity index (χ2v) is 10.9. The van der Waals surface area contributed by atoms with Crippen molar-refractivity contribution in [3.8, 4) is 0 Å². The van der Waals surface area contributed by atoms with Crippen molar-refractivity contribution >= 4 is 27.4 Å². The van der Waals surface area contributed by atoms with Gasteiger partial charge in [0.05, 0.1) is 16.9 Å². The molecule has 1 aromatic heterocycles. The van der Waals surface area contributed by atoms with Crippen molar-refractivity contribution < 1.29 is 18.0 Å². The molecule has 3 fully saturated rings. The second kappa shape index (κ2) is 6.57. The average molecular weight is 409 g/mol. The normalized spacial score (nSPS) is 29.4. The zero-order chi connectivity index (χ0) is 20.2. The maximum atomic E-state index is 13.0. The van der Waals surface area contributed by atoms with Gasteiger partial charge in [-0.1, -0.05) is 26.7 Å². The first-order valence-electron chi connectivity index (χ1n) is 10.0. The zero-order valence-corrected chi connectivity index (χ0v) is 17.2. The summed E-state index contributed by atoms with van der Waals surface area (Å²) in [5.74, 6) is -0.346. The monoisotopic (exact) mass is 408 g/mol. The predicted molar refractivity (Wildman–Crippen MR) is 104 cm³/mol. The number of Topliss-reactive ketones (excluding diaryl/α,β-unsaturated/α-hetero) is 1. The van der Waals surface area contributed by atoms with E-state index in [1.54, 1.807) is 0 Å². The number of carbonyl (C=O) groups excluding carboxylic acids is 2. The molecule has 1 unspecified atom stereocenters. The van der Waals surface area contributed by atoms with Crippen LogP contribution in [0.1, 0.15) is 69.3 Å². The van der Waals surface area contributed by atoms with Crippen LogP contribution in [-0.4, -0.2) is 42.1 Å². The largest absolute Gasteiger partial charge is 0.348 e. The molecule has 2 bridgehead atoms. The highest BCUT2D eigenvalue weighted by Gasteiger charge is 2.65. The molecule has 1 heterocycles. The number of nitrogens with zero attached hydrogens (tertiary/aromatic N) is 1. The fourth-order valence-corrected chi connectivity index (χ4v) is 7.39. The summed E-state index contributed by atoms with van der Waals surface area (Å²) in [6.45, 7) is 4.01. The molecule has 3 saturated carbocycles. The maximum Gasteiger partial charge on any atom is 0.274 e. The summed E-state index contributed by atoms with van der Waals surface area (Å²) in [4.78, 5) is 25.2. The van der Waals surface area contributed by atoms with Crippen molar-refractivity contribution in [3.63, 3.8) is 0 Å². The molecule has 0 radical (unpaired) electrons. The quantitative estimate of drug-likeness (QED) is 0.666. The average Bonchev–Trinajstić information content (AvgIpc) is 3.34. The first-order chi connectivity index (χ1) is 13.1. The van der Waals surface area contributed by atoms with Gasteiger partial charge in [-0.25, -0.2) is 8.42 Å². The van der Waals surface area contributed by atoms with Crippen LogP contribution in [0.3, 0.4) is 0 Å². The van der Waals surface area contributed by atoms with Crippen LogP contribution in [0.4, 0.5) is 5.69 Å². The number of carbonyl (C=O) groups is 2. The lowest BCUT2D eigenvalue weighted by Gasteiger charge is -2.36. The molecule has 0 aliphatic heterocycles. The molecule has 3 aliphatic rings. The summed E-state index contributed by atoms with van der Waals surface area (Å²) >= 11 is 0. The van der Waals surface area contributed by atoms with Gasteiger partial charge >= 0.3 is 0 Å². The number of anilines is 1. The van der Waals surface area contributed by atoms with Crippen LogP contribution in [0.25, 0.3) is 0 Å². The predicted octanol–water partition coefficient (Wildman–Crippen LogP) is 2.22. The highest BCUT2D eigenvalue weighted by molar-refractivity contribution is 7.92. The summed E-state index contributed by atoms with van der Waals surface area (Å²) in [6.07, 6.45) is 7.34. The molecule has 3 N–H and O–H groups in total. The number of aromatic nitrogens is 2. The Hall–Kier alpha value is -1.90. The van der Waals surface area contributed by atoms with Gasteiger partial charge in [-0.3, -0.25) is 19.4 Å². The van der Waals surface area contributed by atoms with Crippen molar-refractivity contribution in [2.75, 3.05) is 10.5 Å². The number of nitrogens with one attached hydrogen (secondary N) is 3. The Bertz CT molecular complexity index is 901. The minimum atomic E-state index is -3.83. The smallest absolute Gasteiger partial charge is 0.274 e. The number of ketones is 1. The highest BCUT2D eigenvalue weighted by atomic mass is 32.2. The number of amides is 1. The van der Waals surface area contributed by atoms with Crippen LogP contribution >= 0.6 is 0 Å². The molecule has 4 rings (SSSR count). The van der Waals surface area contributed by atoms with Crippen LogP contribution in [0.5, 0.6) is 0 Å².